The van der Waals surface area contributed by atoms with Gasteiger partial charge in [-0.25, -0.2) is 4.79 Å². The molecule has 6 nitrogen and oxygen atoms in total. The highest BCUT2D eigenvalue weighted by Crippen LogP contribution is 2.21. The molecule has 29 heavy (non-hydrogen) atoms. The molecule has 148 valence electrons. The number of primary amides is 1. The highest BCUT2D eigenvalue weighted by Gasteiger charge is 2.09. The molecular weight excluding hydrogens is 364 g/mol. The van der Waals surface area contributed by atoms with E-state index in [0.717, 1.165) is 28.2 Å². The number of anilines is 1. The van der Waals surface area contributed by atoms with Crippen LogP contribution in [0.5, 0.6) is 0 Å². The average molecular weight is 388 g/mol. The van der Waals surface area contributed by atoms with Gasteiger partial charge in [-0.15, -0.1) is 0 Å². The van der Waals surface area contributed by atoms with E-state index in [-0.39, 0.29) is 5.91 Å². The number of aryl methyl sites for hydroxylation is 1. The van der Waals surface area contributed by atoms with Crippen molar-refractivity contribution in [2.24, 2.45) is 5.73 Å². The smallest absolute Gasteiger partial charge is 0.316 e. The second-order valence-electron chi connectivity index (χ2n) is 6.73. The Labute approximate surface area is 170 Å². The number of nitrogens with one attached hydrogen (secondary N) is 2. The first-order chi connectivity index (χ1) is 13.9. The third-order valence-electron chi connectivity index (χ3n) is 4.59. The summed E-state index contributed by atoms with van der Waals surface area (Å²) in [5.41, 5.74) is 10.9. The van der Waals surface area contributed by atoms with Crippen LogP contribution in [0.3, 0.4) is 0 Å². The van der Waals surface area contributed by atoms with Crippen molar-refractivity contribution in [1.29, 1.82) is 0 Å². The molecule has 0 spiro atoms. The van der Waals surface area contributed by atoms with E-state index in [4.69, 9.17) is 5.73 Å². The lowest BCUT2D eigenvalue weighted by molar-refractivity contribution is -0.116. The molecule has 0 aliphatic heterocycles. The zero-order valence-corrected chi connectivity index (χ0v) is 16.5. The van der Waals surface area contributed by atoms with E-state index >= 15 is 0 Å². The van der Waals surface area contributed by atoms with Crippen LogP contribution >= 0.6 is 0 Å². The van der Waals surface area contributed by atoms with Crippen LogP contribution in [0.25, 0.3) is 11.8 Å². The summed E-state index contributed by atoms with van der Waals surface area (Å²) in [6.45, 7) is 4.48. The van der Waals surface area contributed by atoms with Gasteiger partial charge >= 0.3 is 6.03 Å². The first kappa shape index (κ1) is 19.9. The van der Waals surface area contributed by atoms with Crippen LogP contribution in [0.4, 0.5) is 10.5 Å². The number of carbonyl (C=O) groups is 2. The van der Waals surface area contributed by atoms with Gasteiger partial charge in [0.05, 0.1) is 0 Å². The largest absolute Gasteiger partial charge is 0.351 e. The van der Waals surface area contributed by atoms with Gasteiger partial charge in [0.15, 0.2) is 0 Å². The van der Waals surface area contributed by atoms with E-state index in [1.54, 1.807) is 18.2 Å². The fourth-order valence-electron chi connectivity index (χ4n) is 3.19. The first-order valence-corrected chi connectivity index (χ1v) is 9.29. The number of hydrogen-bond donors (Lipinski definition) is 3. The Morgan fingerprint density at radius 2 is 1.72 bits per heavy atom. The Morgan fingerprint density at radius 1 is 1.03 bits per heavy atom. The Balaban J connectivity index is 1.62. The fourth-order valence-corrected chi connectivity index (χ4v) is 3.19. The topological polar surface area (TPSA) is 89.2 Å². The zero-order valence-electron chi connectivity index (χ0n) is 16.5. The molecule has 3 rings (SSSR count). The summed E-state index contributed by atoms with van der Waals surface area (Å²) >= 11 is 0. The summed E-state index contributed by atoms with van der Waals surface area (Å²) in [5, 5.41) is 5.35. The summed E-state index contributed by atoms with van der Waals surface area (Å²) in [6, 6.07) is 18.7. The minimum Gasteiger partial charge on any atom is -0.351 e. The number of amides is 3. The molecular formula is C23H24N4O2. The van der Waals surface area contributed by atoms with Gasteiger partial charge in [-0.1, -0.05) is 30.3 Å². The second kappa shape index (κ2) is 8.93. The molecule has 0 atom stereocenters. The number of hydrogen-bond acceptors (Lipinski definition) is 2. The molecule has 1 aromatic heterocycles. The van der Waals surface area contributed by atoms with E-state index < -0.39 is 6.03 Å². The lowest BCUT2D eigenvalue weighted by Gasteiger charge is -2.09. The summed E-state index contributed by atoms with van der Waals surface area (Å²) in [5.74, 6) is -0.172. The van der Waals surface area contributed by atoms with Crippen LogP contribution in [0.1, 0.15) is 22.5 Å². The van der Waals surface area contributed by atoms with Crippen molar-refractivity contribution in [3.63, 3.8) is 0 Å². The van der Waals surface area contributed by atoms with Crippen molar-refractivity contribution < 1.29 is 9.59 Å². The number of nitrogens with zero attached hydrogens (tertiary/aromatic N) is 1. The Kier molecular flexibility index (Phi) is 6.14. The van der Waals surface area contributed by atoms with Crippen LogP contribution in [0.15, 0.2) is 66.7 Å². The van der Waals surface area contributed by atoms with Crippen LogP contribution in [-0.4, -0.2) is 16.5 Å². The van der Waals surface area contributed by atoms with Gasteiger partial charge in [-0.05, 0) is 61.4 Å². The Bertz CT molecular complexity index is 1030. The van der Waals surface area contributed by atoms with Crippen molar-refractivity contribution >= 4 is 23.7 Å². The van der Waals surface area contributed by atoms with Crippen molar-refractivity contribution in [3.8, 4) is 5.69 Å². The molecule has 0 aliphatic rings. The minimum absolute atomic E-state index is 0.172. The van der Waals surface area contributed by atoms with Gasteiger partial charge in [0.25, 0.3) is 0 Å². The van der Waals surface area contributed by atoms with E-state index in [1.165, 1.54) is 0 Å². The normalized spacial score (nSPS) is 10.8. The lowest BCUT2D eigenvalue weighted by Crippen LogP contribution is -2.20. The van der Waals surface area contributed by atoms with E-state index in [9.17, 15) is 9.59 Å². The standard InChI is InChI=1S/C23H24N4O2/c1-16-14-19(17(2)27(16)21-6-4-3-5-7-21)10-13-22(28)25-15-18-8-11-20(12-9-18)26-23(24)29/h3-14H,15H2,1-2H3,(H,25,28)(H3,24,26,29)/b13-10+. The number of nitrogens with two attached hydrogens (primary N) is 1. The summed E-state index contributed by atoms with van der Waals surface area (Å²) in [4.78, 5) is 23.0. The molecule has 0 aliphatic carbocycles. The number of para-hydroxylation sites is 1. The van der Waals surface area contributed by atoms with Gasteiger partial charge in [0.1, 0.15) is 0 Å². The van der Waals surface area contributed by atoms with Crippen molar-refractivity contribution in [1.82, 2.24) is 9.88 Å². The number of carbonyl (C=O) groups excluding carboxylic acids is 2. The van der Waals surface area contributed by atoms with E-state index in [1.807, 2.05) is 50.3 Å². The maximum absolute atomic E-state index is 12.2. The molecule has 0 fully saturated rings. The third-order valence-corrected chi connectivity index (χ3v) is 4.59. The van der Waals surface area contributed by atoms with Crippen LogP contribution in [-0.2, 0) is 11.3 Å². The molecule has 3 amide bonds. The van der Waals surface area contributed by atoms with Crippen LogP contribution in [0, 0.1) is 13.8 Å². The van der Waals surface area contributed by atoms with Gasteiger partial charge in [-0.3, -0.25) is 4.79 Å². The molecule has 2 aromatic carbocycles. The number of rotatable bonds is 6. The molecule has 0 bridgehead atoms. The maximum atomic E-state index is 12.2. The molecule has 6 heteroatoms. The Hall–Kier alpha value is -3.80. The van der Waals surface area contributed by atoms with Crippen LogP contribution in [0.2, 0.25) is 0 Å². The number of urea groups is 1. The average Bonchev–Trinajstić information content (AvgIpc) is 2.99. The minimum atomic E-state index is -0.609. The second-order valence-corrected chi connectivity index (χ2v) is 6.73. The summed E-state index contributed by atoms with van der Waals surface area (Å²) in [7, 11) is 0. The maximum Gasteiger partial charge on any atom is 0.316 e. The zero-order chi connectivity index (χ0) is 20.8. The quantitative estimate of drug-likeness (QED) is 0.559. The van der Waals surface area contributed by atoms with Crippen LogP contribution < -0.4 is 16.4 Å². The monoisotopic (exact) mass is 388 g/mol. The van der Waals surface area contributed by atoms with Crippen molar-refractivity contribution in [2.45, 2.75) is 20.4 Å². The van der Waals surface area contributed by atoms with E-state index in [2.05, 4.69) is 33.4 Å². The predicted octanol–water partition coefficient (Wildman–Crippen LogP) is 3.91. The molecule has 0 unspecified atom stereocenters. The predicted molar refractivity (Wildman–Crippen MR) is 116 cm³/mol. The van der Waals surface area contributed by atoms with Gasteiger partial charge in [0, 0.05) is 35.4 Å². The third kappa shape index (κ3) is 5.13. The van der Waals surface area contributed by atoms with Gasteiger partial charge in [0.2, 0.25) is 5.91 Å². The number of benzene rings is 2. The summed E-state index contributed by atoms with van der Waals surface area (Å²) in [6.07, 6.45) is 3.37. The molecule has 0 saturated heterocycles. The molecule has 0 radical (unpaired) electrons. The van der Waals surface area contributed by atoms with Crippen molar-refractivity contribution in [2.75, 3.05) is 5.32 Å². The summed E-state index contributed by atoms with van der Waals surface area (Å²) < 4.78 is 2.17. The highest BCUT2D eigenvalue weighted by molar-refractivity contribution is 5.92. The molecule has 1 heterocycles. The van der Waals surface area contributed by atoms with E-state index in [0.29, 0.717) is 12.2 Å². The highest BCUT2D eigenvalue weighted by atomic mass is 16.2. The lowest BCUT2D eigenvalue weighted by atomic mass is 10.2. The molecule has 3 aromatic rings. The number of aromatic nitrogens is 1. The Morgan fingerprint density at radius 3 is 2.38 bits per heavy atom. The molecule has 0 saturated carbocycles. The van der Waals surface area contributed by atoms with Crippen molar-refractivity contribution in [3.05, 3.63) is 89.3 Å². The van der Waals surface area contributed by atoms with Gasteiger partial charge in [-0.2, -0.15) is 0 Å². The SMILES string of the molecule is Cc1cc(/C=C/C(=O)NCc2ccc(NC(N)=O)cc2)c(C)n1-c1ccccc1. The molecule has 4 N–H and O–H groups in total. The fraction of sp³-hybridized carbons (Fsp3) is 0.130. The first-order valence-electron chi connectivity index (χ1n) is 9.29. The van der Waals surface area contributed by atoms with Gasteiger partial charge < -0.3 is 20.9 Å².